The SMILES string of the molecule is C[Si]1(C)C2=C(C=CC(Nc3ccc4c(c3)C3(c5ccccc5Oc5ccccc53)c3cc(-c5cccc(-c6ccccc6)c5)ccc3-4)C2)c2ccccc21. The van der Waals surface area contributed by atoms with Crippen LogP contribution in [0.25, 0.3) is 39.0 Å². The summed E-state index contributed by atoms with van der Waals surface area (Å²) in [5.41, 5.74) is 15.9. The molecule has 4 aliphatic rings. The van der Waals surface area contributed by atoms with Crippen LogP contribution in [0.15, 0.2) is 181 Å². The van der Waals surface area contributed by atoms with E-state index in [1.54, 1.807) is 10.4 Å². The Balaban J connectivity index is 1.06. The van der Waals surface area contributed by atoms with Crippen molar-refractivity contribution in [1.82, 2.24) is 0 Å². The minimum atomic E-state index is -1.74. The second-order valence-electron chi connectivity index (χ2n) is 15.7. The number of rotatable bonds is 4. The molecule has 54 heavy (non-hydrogen) atoms. The molecule has 0 aromatic heterocycles. The smallest absolute Gasteiger partial charge is 0.132 e. The Kier molecular flexibility index (Phi) is 6.78. The van der Waals surface area contributed by atoms with Gasteiger partial charge < -0.3 is 10.1 Å². The van der Waals surface area contributed by atoms with Crippen LogP contribution in [0.3, 0.4) is 0 Å². The third-order valence-corrected chi connectivity index (χ3v) is 16.2. The number of ether oxygens (including phenoxy) is 1. The van der Waals surface area contributed by atoms with E-state index < -0.39 is 13.5 Å². The highest BCUT2D eigenvalue weighted by atomic mass is 28.3. The highest BCUT2D eigenvalue weighted by Gasteiger charge is 2.51. The summed E-state index contributed by atoms with van der Waals surface area (Å²) in [5, 5.41) is 7.24. The number of para-hydroxylation sites is 2. The Morgan fingerprint density at radius 1 is 0.537 bits per heavy atom. The van der Waals surface area contributed by atoms with Gasteiger partial charge >= 0.3 is 0 Å². The maximum Gasteiger partial charge on any atom is 0.132 e. The number of hydrogen-bond acceptors (Lipinski definition) is 2. The molecular formula is C51H39NOSi. The van der Waals surface area contributed by atoms with Gasteiger partial charge in [0.2, 0.25) is 0 Å². The van der Waals surface area contributed by atoms with E-state index in [0.29, 0.717) is 0 Å². The molecule has 0 saturated heterocycles. The molecule has 0 fully saturated rings. The summed E-state index contributed by atoms with van der Waals surface area (Å²) >= 11 is 0. The van der Waals surface area contributed by atoms with Crippen molar-refractivity contribution in [3.63, 3.8) is 0 Å². The van der Waals surface area contributed by atoms with Crippen LogP contribution >= 0.6 is 0 Å². The van der Waals surface area contributed by atoms with Crippen molar-refractivity contribution in [2.75, 3.05) is 5.32 Å². The Morgan fingerprint density at radius 3 is 1.93 bits per heavy atom. The lowest BCUT2D eigenvalue weighted by Gasteiger charge is -2.39. The van der Waals surface area contributed by atoms with Crippen molar-refractivity contribution in [2.24, 2.45) is 0 Å². The molecule has 258 valence electrons. The van der Waals surface area contributed by atoms with Crippen LogP contribution in [0, 0.1) is 0 Å². The predicted octanol–water partition coefficient (Wildman–Crippen LogP) is 12.2. The quantitative estimate of drug-likeness (QED) is 0.184. The van der Waals surface area contributed by atoms with Crippen molar-refractivity contribution in [1.29, 1.82) is 0 Å². The standard InChI is InChI=1S/C51H39NOSi/c1-54(2)49-22-11-6-17-41(49)42-28-25-38(32-50(42)54)52-37-24-27-40-39-26-23-36(35-16-12-15-34(29-35)33-13-4-3-5-14-33)30-45(39)51(46(40)31-37)43-18-7-9-20-47(43)53-48-21-10-8-19-44(48)51/h3-31,38,52H,32H2,1-2H3. The van der Waals surface area contributed by atoms with Crippen LogP contribution in [-0.4, -0.2) is 14.1 Å². The second-order valence-corrected chi connectivity index (χ2v) is 20.1. The van der Waals surface area contributed by atoms with Crippen molar-refractivity contribution in [2.45, 2.75) is 31.0 Å². The number of anilines is 1. The number of allylic oxidation sites excluding steroid dienone is 2. The monoisotopic (exact) mass is 709 g/mol. The van der Waals surface area contributed by atoms with Gasteiger partial charge in [-0.05, 0) is 104 Å². The summed E-state index contributed by atoms with van der Waals surface area (Å²) in [5.74, 6) is 1.82. The Bertz CT molecular complexity index is 2690. The Morgan fingerprint density at radius 2 is 1.15 bits per heavy atom. The lowest BCUT2D eigenvalue weighted by Crippen LogP contribution is -2.42. The zero-order chi connectivity index (χ0) is 36.0. The molecule has 7 aromatic carbocycles. The van der Waals surface area contributed by atoms with E-state index in [1.165, 1.54) is 66.8 Å². The molecule has 11 rings (SSSR count). The van der Waals surface area contributed by atoms with E-state index in [1.807, 2.05) is 0 Å². The molecule has 2 heterocycles. The highest BCUT2D eigenvalue weighted by Crippen LogP contribution is 2.62. The van der Waals surface area contributed by atoms with Crippen LogP contribution in [0.5, 0.6) is 11.5 Å². The van der Waals surface area contributed by atoms with Crippen LogP contribution in [0.4, 0.5) is 5.69 Å². The third-order valence-electron chi connectivity index (χ3n) is 12.5. The van der Waals surface area contributed by atoms with E-state index in [2.05, 4.69) is 194 Å². The third kappa shape index (κ3) is 4.45. The fraction of sp³-hybridized carbons (Fsp3) is 0.0980. The van der Waals surface area contributed by atoms with Crippen LogP contribution in [0.1, 0.15) is 34.2 Å². The van der Waals surface area contributed by atoms with Gasteiger partial charge in [0.05, 0.1) is 5.41 Å². The van der Waals surface area contributed by atoms with Crippen molar-refractivity contribution < 1.29 is 4.74 Å². The summed E-state index contributed by atoms with van der Waals surface area (Å²) in [6.45, 7) is 5.04. The maximum absolute atomic E-state index is 6.69. The molecule has 1 N–H and O–H groups in total. The average Bonchev–Trinajstić information content (AvgIpc) is 3.63. The summed E-state index contributed by atoms with van der Waals surface area (Å²) in [7, 11) is -1.74. The van der Waals surface area contributed by atoms with Gasteiger partial charge in [-0.2, -0.15) is 0 Å². The molecule has 7 aromatic rings. The number of benzene rings is 7. The molecule has 0 bridgehead atoms. The largest absolute Gasteiger partial charge is 0.457 e. The van der Waals surface area contributed by atoms with Crippen molar-refractivity contribution >= 4 is 24.5 Å². The second kappa shape index (κ2) is 11.7. The molecular weight excluding hydrogens is 671 g/mol. The maximum atomic E-state index is 6.69. The fourth-order valence-corrected chi connectivity index (χ4v) is 13.3. The summed E-state index contributed by atoms with van der Waals surface area (Å²) in [4.78, 5) is 0. The minimum absolute atomic E-state index is 0.223. The molecule has 3 heteroatoms. The number of nitrogens with one attached hydrogen (secondary N) is 1. The Labute approximate surface area is 318 Å². The fourth-order valence-electron chi connectivity index (χ4n) is 9.97. The first-order chi connectivity index (χ1) is 26.5. The van der Waals surface area contributed by atoms with Gasteiger partial charge in [-0.1, -0.05) is 158 Å². The van der Waals surface area contributed by atoms with Crippen LogP contribution < -0.4 is 15.2 Å². The average molecular weight is 710 g/mol. The van der Waals surface area contributed by atoms with Crippen LogP contribution in [0.2, 0.25) is 13.1 Å². The molecule has 1 spiro atoms. The van der Waals surface area contributed by atoms with Gasteiger partial charge in [-0.3, -0.25) is 0 Å². The van der Waals surface area contributed by atoms with E-state index in [0.717, 1.165) is 23.6 Å². The van der Waals surface area contributed by atoms with Gasteiger partial charge in [0.25, 0.3) is 0 Å². The predicted molar refractivity (Wildman–Crippen MR) is 226 cm³/mol. The molecule has 2 aliphatic carbocycles. The van der Waals surface area contributed by atoms with Gasteiger partial charge in [0.15, 0.2) is 0 Å². The molecule has 1 unspecified atom stereocenters. The summed E-state index contributed by atoms with van der Waals surface area (Å²) in [6.07, 6.45) is 5.81. The molecule has 1 atom stereocenters. The lowest BCUT2D eigenvalue weighted by molar-refractivity contribution is 0.436. The first-order valence-electron chi connectivity index (χ1n) is 19.1. The van der Waals surface area contributed by atoms with E-state index in [-0.39, 0.29) is 6.04 Å². The van der Waals surface area contributed by atoms with Gasteiger partial charge in [-0.15, -0.1) is 0 Å². The number of hydrogen-bond donors (Lipinski definition) is 1. The zero-order valence-corrected chi connectivity index (χ0v) is 31.4. The van der Waals surface area contributed by atoms with Crippen molar-refractivity contribution in [3.05, 3.63) is 209 Å². The minimum Gasteiger partial charge on any atom is -0.457 e. The van der Waals surface area contributed by atoms with Gasteiger partial charge in [0, 0.05) is 22.9 Å². The Hall–Kier alpha value is -6.16. The molecule has 2 nitrogen and oxygen atoms in total. The van der Waals surface area contributed by atoms with E-state index in [4.69, 9.17) is 4.74 Å². The first-order valence-corrected chi connectivity index (χ1v) is 22.1. The first kappa shape index (κ1) is 31.4. The normalized spacial score (nSPS) is 17.5. The van der Waals surface area contributed by atoms with E-state index in [9.17, 15) is 0 Å². The van der Waals surface area contributed by atoms with Gasteiger partial charge in [-0.25, -0.2) is 0 Å². The van der Waals surface area contributed by atoms with Gasteiger partial charge in [0.1, 0.15) is 19.6 Å². The molecule has 0 radical (unpaired) electrons. The van der Waals surface area contributed by atoms with Crippen LogP contribution in [-0.2, 0) is 5.41 Å². The summed E-state index contributed by atoms with van der Waals surface area (Å²) < 4.78 is 6.69. The zero-order valence-electron chi connectivity index (χ0n) is 30.4. The summed E-state index contributed by atoms with van der Waals surface area (Å²) in [6, 6.07) is 60.4. The number of fused-ring (bicyclic) bond motifs is 11. The lowest BCUT2D eigenvalue weighted by atomic mass is 9.66. The van der Waals surface area contributed by atoms with E-state index >= 15 is 0 Å². The molecule has 0 amide bonds. The topological polar surface area (TPSA) is 21.3 Å². The molecule has 0 saturated carbocycles. The molecule has 2 aliphatic heterocycles. The van der Waals surface area contributed by atoms with Crippen molar-refractivity contribution in [3.8, 4) is 44.9 Å². The highest BCUT2D eigenvalue weighted by molar-refractivity contribution is 6.98.